The van der Waals surface area contributed by atoms with E-state index in [1.165, 1.54) is 24.7 Å². The van der Waals surface area contributed by atoms with Crippen LogP contribution in [0.2, 0.25) is 0 Å². The molecule has 3 aromatic heterocycles. The molecule has 0 saturated heterocycles. The molecule has 13 aromatic rings. The van der Waals surface area contributed by atoms with Gasteiger partial charge in [0.05, 0.1) is 27.7 Å². The maximum Gasteiger partial charge on any atom is 0.166 e. The number of nitrogens with zero attached hydrogens (tertiary/aromatic N) is 4. The molecule has 10 aromatic carbocycles. The van der Waals surface area contributed by atoms with Crippen molar-refractivity contribution in [2.75, 3.05) is 0 Å². The standard InChI is InChI=1S/C61H38N4S/c1-2-15-39(16-3-1)43-35-36-53(56(38-43)65-54-28-9-6-22-49(54)50-23-7-10-29-55(50)65)61-63-59(42-33-31-41(32-34-42)48-26-14-27-52-51-24-8-11-30-57(51)66-58(48)52)62-60(64-61)45-20-12-19-44(37-45)47-25-13-18-40-17-4-5-21-46(40)47/h1-38H/i6D,7D,9D,10D,22D,23D,28D,29D. The molecular weight excluding hydrogens is 821 g/mol. The molecule has 3 heterocycles. The van der Waals surface area contributed by atoms with Crippen molar-refractivity contribution in [1.82, 2.24) is 19.5 Å². The fourth-order valence-corrected chi connectivity index (χ4v) is 10.4. The van der Waals surface area contributed by atoms with Crippen molar-refractivity contribution in [3.8, 4) is 73.2 Å². The molecule has 0 aliphatic carbocycles. The maximum atomic E-state index is 9.41. The number of para-hydroxylation sites is 2. The Balaban J connectivity index is 1.08. The van der Waals surface area contributed by atoms with E-state index in [9.17, 15) is 5.48 Å². The molecule has 66 heavy (non-hydrogen) atoms. The monoisotopic (exact) mass is 866 g/mol. The first-order chi connectivity index (χ1) is 36.0. The van der Waals surface area contributed by atoms with E-state index >= 15 is 0 Å². The molecule has 0 aliphatic rings. The van der Waals surface area contributed by atoms with Gasteiger partial charge < -0.3 is 4.57 Å². The second kappa shape index (κ2) is 15.6. The third kappa shape index (κ3) is 6.40. The van der Waals surface area contributed by atoms with Gasteiger partial charge >= 0.3 is 0 Å². The van der Waals surface area contributed by atoms with Crippen LogP contribution in [-0.2, 0) is 0 Å². The van der Waals surface area contributed by atoms with Crippen LogP contribution in [0.5, 0.6) is 0 Å². The van der Waals surface area contributed by atoms with Crippen molar-refractivity contribution in [2.45, 2.75) is 0 Å². The van der Waals surface area contributed by atoms with E-state index in [1.54, 1.807) is 11.3 Å². The average Bonchev–Trinajstić information content (AvgIpc) is 4.07. The quantitative estimate of drug-likeness (QED) is 0.160. The van der Waals surface area contributed by atoms with E-state index in [1.807, 2.05) is 91.0 Å². The molecule has 0 bridgehead atoms. The van der Waals surface area contributed by atoms with E-state index in [-0.39, 0.29) is 27.6 Å². The van der Waals surface area contributed by atoms with Crippen molar-refractivity contribution in [3.63, 3.8) is 0 Å². The predicted octanol–water partition coefficient (Wildman–Crippen LogP) is 16.5. The third-order valence-corrected chi connectivity index (χ3v) is 13.6. The fraction of sp³-hybridized carbons (Fsp3) is 0. The van der Waals surface area contributed by atoms with Crippen LogP contribution in [0, 0.1) is 0 Å². The first-order valence-corrected chi connectivity index (χ1v) is 22.4. The molecule has 0 atom stereocenters. The minimum Gasteiger partial charge on any atom is -0.308 e. The Bertz CT molecular complexity index is 4390. The predicted molar refractivity (Wildman–Crippen MR) is 277 cm³/mol. The molecule has 5 heteroatoms. The maximum absolute atomic E-state index is 9.41. The summed E-state index contributed by atoms with van der Waals surface area (Å²) in [5, 5.41) is 4.58. The highest BCUT2D eigenvalue weighted by Gasteiger charge is 2.21. The minimum absolute atomic E-state index is 0.00833. The van der Waals surface area contributed by atoms with Crippen molar-refractivity contribution >= 4 is 64.1 Å². The van der Waals surface area contributed by atoms with Gasteiger partial charge in [0.25, 0.3) is 0 Å². The average molecular weight is 867 g/mol. The van der Waals surface area contributed by atoms with Gasteiger partial charge in [-0.25, -0.2) is 15.0 Å². The van der Waals surface area contributed by atoms with Gasteiger partial charge in [0.2, 0.25) is 0 Å². The number of fused-ring (bicyclic) bond motifs is 7. The van der Waals surface area contributed by atoms with Crippen LogP contribution in [0.15, 0.2) is 230 Å². The summed E-state index contributed by atoms with van der Waals surface area (Å²) in [5.41, 5.74) is 7.91. The highest BCUT2D eigenvalue weighted by molar-refractivity contribution is 7.26. The number of rotatable bonds is 7. The molecule has 308 valence electrons. The van der Waals surface area contributed by atoms with Crippen LogP contribution in [0.25, 0.3) is 126 Å². The van der Waals surface area contributed by atoms with Gasteiger partial charge in [-0.3, -0.25) is 0 Å². The van der Waals surface area contributed by atoms with Gasteiger partial charge in [-0.05, 0) is 80.5 Å². The molecule has 4 nitrogen and oxygen atoms in total. The van der Waals surface area contributed by atoms with Crippen LogP contribution >= 0.6 is 11.3 Å². The normalized spacial score (nSPS) is 13.3. The van der Waals surface area contributed by atoms with Gasteiger partial charge in [0, 0.05) is 47.6 Å². The highest BCUT2D eigenvalue weighted by Crippen LogP contribution is 2.42. The van der Waals surface area contributed by atoms with E-state index in [2.05, 4.69) is 91.0 Å². The first-order valence-electron chi connectivity index (χ1n) is 25.6. The number of hydrogen-bond acceptors (Lipinski definition) is 4. The zero-order valence-corrected chi connectivity index (χ0v) is 35.8. The smallest absolute Gasteiger partial charge is 0.166 e. The summed E-state index contributed by atoms with van der Waals surface area (Å²) in [5.74, 6) is 0.970. The van der Waals surface area contributed by atoms with Crippen molar-refractivity contribution in [2.24, 2.45) is 0 Å². The zero-order chi connectivity index (χ0) is 50.5. The van der Waals surface area contributed by atoms with Crippen LogP contribution in [-0.4, -0.2) is 19.5 Å². The van der Waals surface area contributed by atoms with Crippen molar-refractivity contribution in [3.05, 3.63) is 230 Å². The summed E-state index contributed by atoms with van der Waals surface area (Å²) in [4.78, 5) is 15.7. The number of hydrogen-bond donors (Lipinski definition) is 0. The van der Waals surface area contributed by atoms with Gasteiger partial charge in [0.1, 0.15) is 0 Å². The highest BCUT2D eigenvalue weighted by atomic mass is 32.1. The topological polar surface area (TPSA) is 43.6 Å². The Morgan fingerprint density at radius 3 is 1.76 bits per heavy atom. The van der Waals surface area contributed by atoms with E-state index in [0.29, 0.717) is 22.9 Å². The van der Waals surface area contributed by atoms with Gasteiger partial charge in [-0.2, -0.15) is 0 Å². The van der Waals surface area contributed by atoms with Crippen LogP contribution in [0.3, 0.4) is 0 Å². The summed E-state index contributed by atoms with van der Waals surface area (Å²) in [7, 11) is 0. The minimum atomic E-state index is -0.517. The summed E-state index contributed by atoms with van der Waals surface area (Å²) >= 11 is 1.77. The lowest BCUT2D eigenvalue weighted by Gasteiger charge is -2.16. The van der Waals surface area contributed by atoms with Gasteiger partial charge in [0.15, 0.2) is 17.5 Å². The number of thiophene rings is 1. The Kier molecular flexibility index (Phi) is 7.24. The van der Waals surface area contributed by atoms with E-state index in [4.69, 9.17) is 20.4 Å². The van der Waals surface area contributed by atoms with Crippen molar-refractivity contribution < 1.29 is 11.0 Å². The van der Waals surface area contributed by atoms with Crippen LogP contribution in [0.1, 0.15) is 11.0 Å². The number of benzene rings is 10. The van der Waals surface area contributed by atoms with Gasteiger partial charge in [-0.1, -0.05) is 194 Å². The van der Waals surface area contributed by atoms with Crippen LogP contribution < -0.4 is 0 Å². The lowest BCUT2D eigenvalue weighted by atomic mass is 9.97. The SMILES string of the molecule is [2H]c1c([2H])c([2H])c2c(c1[2H])c1c([2H])c([2H])c([2H])c([2H])c1n2-c1cc(-c2ccccc2)ccc1-c1nc(-c2ccc(-c3cccc4c3sc3ccccc34)cc2)nc(-c2cccc(-c3cccc4ccccc34)c2)n1. The fourth-order valence-electron chi connectivity index (χ4n) is 9.21. The summed E-state index contributed by atoms with van der Waals surface area (Å²) in [6.45, 7) is 0. The first kappa shape index (κ1) is 30.6. The summed E-state index contributed by atoms with van der Waals surface area (Å²) < 4.78 is 76.3. The molecule has 0 saturated carbocycles. The number of aromatic nitrogens is 4. The van der Waals surface area contributed by atoms with E-state index < -0.39 is 48.3 Å². The van der Waals surface area contributed by atoms with Crippen molar-refractivity contribution in [1.29, 1.82) is 0 Å². The molecule has 0 spiro atoms. The largest absolute Gasteiger partial charge is 0.308 e. The molecule has 13 rings (SSSR count). The Labute approximate surface area is 396 Å². The van der Waals surface area contributed by atoms with E-state index in [0.717, 1.165) is 55.3 Å². The molecule has 0 radical (unpaired) electrons. The lowest BCUT2D eigenvalue weighted by molar-refractivity contribution is 1.06. The molecule has 0 amide bonds. The summed E-state index contributed by atoms with van der Waals surface area (Å²) in [6, 6.07) is 57.2. The molecule has 0 aliphatic heterocycles. The molecule has 0 fully saturated rings. The third-order valence-electron chi connectivity index (χ3n) is 12.3. The Morgan fingerprint density at radius 2 is 0.939 bits per heavy atom. The molecule has 0 unspecified atom stereocenters. The van der Waals surface area contributed by atoms with Crippen LogP contribution in [0.4, 0.5) is 0 Å². The second-order valence-electron chi connectivity index (χ2n) is 16.2. The summed E-state index contributed by atoms with van der Waals surface area (Å²) in [6.07, 6.45) is 0. The lowest BCUT2D eigenvalue weighted by Crippen LogP contribution is -2.04. The zero-order valence-electron chi connectivity index (χ0n) is 43.0. The van der Waals surface area contributed by atoms with Gasteiger partial charge in [-0.15, -0.1) is 11.3 Å². The Morgan fingerprint density at radius 1 is 0.364 bits per heavy atom. The second-order valence-corrected chi connectivity index (χ2v) is 17.2. The molecular formula is C61H38N4S. The Hall–Kier alpha value is -8.51. The molecule has 0 N–H and O–H groups in total.